The van der Waals surface area contributed by atoms with Gasteiger partial charge in [-0.2, -0.15) is 0 Å². The van der Waals surface area contributed by atoms with Gasteiger partial charge in [0.05, 0.1) is 11.9 Å². The standard InChI is InChI=1S/C8H10N2O/c1-2-5-10-6-3-4-8(10)7-9-11/h2-4,6-7,11H,1,5H2. The average Bonchev–Trinajstić information content (AvgIpc) is 2.39. The molecule has 0 aliphatic rings. The minimum Gasteiger partial charge on any atom is -0.411 e. The topological polar surface area (TPSA) is 37.5 Å². The summed E-state index contributed by atoms with van der Waals surface area (Å²) in [5.41, 5.74) is 0.868. The highest BCUT2D eigenvalue weighted by molar-refractivity contribution is 5.76. The molecule has 58 valence electrons. The molecule has 3 nitrogen and oxygen atoms in total. The molecule has 0 saturated heterocycles. The van der Waals surface area contributed by atoms with Crippen LogP contribution in [0.15, 0.2) is 36.1 Å². The fraction of sp³-hybridized carbons (Fsp3) is 0.125. The minimum atomic E-state index is 0.731. The zero-order valence-electron chi connectivity index (χ0n) is 6.14. The molecule has 11 heavy (non-hydrogen) atoms. The molecule has 0 saturated carbocycles. The Kier molecular flexibility index (Phi) is 2.49. The molecule has 0 aliphatic heterocycles. The van der Waals surface area contributed by atoms with E-state index in [1.165, 1.54) is 6.21 Å². The van der Waals surface area contributed by atoms with Crippen molar-refractivity contribution in [1.82, 2.24) is 4.57 Å². The third-order valence-electron chi connectivity index (χ3n) is 1.38. The van der Waals surface area contributed by atoms with Crippen LogP contribution >= 0.6 is 0 Å². The largest absolute Gasteiger partial charge is 0.411 e. The SMILES string of the molecule is C=CCn1cccc1C=NO. The maximum Gasteiger partial charge on any atom is 0.0898 e. The predicted octanol–water partition coefficient (Wildman–Crippen LogP) is 1.48. The second-order valence-corrected chi connectivity index (χ2v) is 2.12. The fourth-order valence-corrected chi connectivity index (χ4v) is 0.909. The van der Waals surface area contributed by atoms with Gasteiger partial charge in [0.25, 0.3) is 0 Å². The lowest BCUT2D eigenvalue weighted by molar-refractivity contribution is 0.321. The number of hydrogen-bond donors (Lipinski definition) is 1. The van der Waals surface area contributed by atoms with Gasteiger partial charge >= 0.3 is 0 Å². The highest BCUT2D eigenvalue weighted by Crippen LogP contribution is 1.98. The molecule has 0 bridgehead atoms. The smallest absolute Gasteiger partial charge is 0.0898 e. The van der Waals surface area contributed by atoms with Crippen molar-refractivity contribution < 1.29 is 5.21 Å². The molecule has 0 amide bonds. The number of allylic oxidation sites excluding steroid dienone is 1. The molecule has 0 radical (unpaired) electrons. The Morgan fingerprint density at radius 3 is 3.18 bits per heavy atom. The van der Waals surface area contributed by atoms with Gasteiger partial charge in [-0.3, -0.25) is 0 Å². The first-order valence-electron chi connectivity index (χ1n) is 3.32. The molecule has 0 aromatic carbocycles. The second kappa shape index (κ2) is 3.61. The van der Waals surface area contributed by atoms with Crippen LogP contribution in [0.2, 0.25) is 0 Å². The van der Waals surface area contributed by atoms with Crippen molar-refractivity contribution in [2.75, 3.05) is 0 Å². The van der Waals surface area contributed by atoms with Gasteiger partial charge in [-0.25, -0.2) is 0 Å². The quantitative estimate of drug-likeness (QED) is 0.301. The maximum absolute atomic E-state index is 8.26. The van der Waals surface area contributed by atoms with Gasteiger partial charge in [0.1, 0.15) is 0 Å². The van der Waals surface area contributed by atoms with E-state index in [0.717, 1.165) is 12.2 Å². The van der Waals surface area contributed by atoms with Crippen LogP contribution in [0, 0.1) is 0 Å². The van der Waals surface area contributed by atoms with Gasteiger partial charge in [-0.15, -0.1) is 6.58 Å². The maximum atomic E-state index is 8.26. The number of nitrogens with zero attached hydrogens (tertiary/aromatic N) is 2. The molecule has 1 aromatic rings. The Balaban J connectivity index is 2.86. The molecule has 0 spiro atoms. The molecule has 0 atom stereocenters. The Bertz CT molecular complexity index is 263. The molecular weight excluding hydrogens is 140 g/mol. The van der Waals surface area contributed by atoms with Crippen molar-refractivity contribution in [2.24, 2.45) is 5.16 Å². The third kappa shape index (κ3) is 1.70. The van der Waals surface area contributed by atoms with Crippen LogP contribution in [-0.4, -0.2) is 16.0 Å². The van der Waals surface area contributed by atoms with Crippen LogP contribution < -0.4 is 0 Å². The summed E-state index contributed by atoms with van der Waals surface area (Å²) in [4.78, 5) is 0. The van der Waals surface area contributed by atoms with Crippen LogP contribution in [-0.2, 0) is 6.54 Å². The third-order valence-corrected chi connectivity index (χ3v) is 1.38. The average molecular weight is 150 g/mol. The molecule has 1 aromatic heterocycles. The van der Waals surface area contributed by atoms with Crippen LogP contribution in [0.3, 0.4) is 0 Å². The summed E-state index contributed by atoms with van der Waals surface area (Å²) in [6.45, 7) is 4.34. The number of hydrogen-bond acceptors (Lipinski definition) is 2. The van der Waals surface area contributed by atoms with E-state index in [4.69, 9.17) is 5.21 Å². The van der Waals surface area contributed by atoms with Gasteiger partial charge in [-0.05, 0) is 12.1 Å². The van der Waals surface area contributed by atoms with E-state index in [1.807, 2.05) is 22.9 Å². The summed E-state index contributed by atoms with van der Waals surface area (Å²) in [7, 11) is 0. The highest BCUT2D eigenvalue weighted by Gasteiger charge is 1.93. The van der Waals surface area contributed by atoms with Gasteiger partial charge in [0, 0.05) is 12.7 Å². The van der Waals surface area contributed by atoms with Crippen molar-refractivity contribution in [3.63, 3.8) is 0 Å². The van der Waals surface area contributed by atoms with Crippen molar-refractivity contribution >= 4 is 6.21 Å². The van der Waals surface area contributed by atoms with Gasteiger partial charge in [0.15, 0.2) is 0 Å². The van der Waals surface area contributed by atoms with E-state index in [9.17, 15) is 0 Å². The highest BCUT2D eigenvalue weighted by atomic mass is 16.4. The van der Waals surface area contributed by atoms with E-state index in [2.05, 4.69) is 11.7 Å². The first-order valence-corrected chi connectivity index (χ1v) is 3.32. The van der Waals surface area contributed by atoms with Gasteiger partial charge < -0.3 is 9.77 Å². The lowest BCUT2D eigenvalue weighted by Crippen LogP contribution is -1.98. The lowest BCUT2D eigenvalue weighted by Gasteiger charge is -1.99. The van der Waals surface area contributed by atoms with E-state index in [-0.39, 0.29) is 0 Å². The minimum absolute atomic E-state index is 0.731. The second-order valence-electron chi connectivity index (χ2n) is 2.12. The van der Waals surface area contributed by atoms with Crippen molar-refractivity contribution in [2.45, 2.75) is 6.54 Å². The first-order chi connectivity index (χ1) is 5.38. The zero-order valence-corrected chi connectivity index (χ0v) is 6.14. The Morgan fingerprint density at radius 2 is 2.55 bits per heavy atom. The Morgan fingerprint density at radius 1 is 1.73 bits per heavy atom. The van der Waals surface area contributed by atoms with E-state index >= 15 is 0 Å². The van der Waals surface area contributed by atoms with E-state index < -0.39 is 0 Å². The molecule has 1 heterocycles. The summed E-state index contributed by atoms with van der Waals surface area (Å²) < 4.78 is 1.92. The molecule has 0 fully saturated rings. The molecule has 1 rings (SSSR count). The van der Waals surface area contributed by atoms with Crippen LogP contribution in [0.25, 0.3) is 0 Å². The van der Waals surface area contributed by atoms with Crippen LogP contribution in [0.5, 0.6) is 0 Å². The summed E-state index contributed by atoms with van der Waals surface area (Å²) in [6, 6.07) is 3.75. The van der Waals surface area contributed by atoms with Gasteiger partial charge in [-0.1, -0.05) is 11.2 Å². The molecule has 0 aliphatic carbocycles. The molecule has 3 heteroatoms. The molecular formula is C8H10N2O. The zero-order chi connectivity index (χ0) is 8.10. The van der Waals surface area contributed by atoms with Crippen molar-refractivity contribution in [1.29, 1.82) is 0 Å². The lowest BCUT2D eigenvalue weighted by atomic mass is 10.4. The van der Waals surface area contributed by atoms with Gasteiger partial charge in [0.2, 0.25) is 0 Å². The molecule has 0 unspecified atom stereocenters. The number of aromatic nitrogens is 1. The van der Waals surface area contributed by atoms with E-state index in [1.54, 1.807) is 6.08 Å². The number of rotatable bonds is 3. The summed E-state index contributed by atoms with van der Waals surface area (Å²) in [5.74, 6) is 0. The molecule has 1 N–H and O–H groups in total. The summed E-state index contributed by atoms with van der Waals surface area (Å²) in [6.07, 6.45) is 5.08. The predicted molar refractivity (Wildman–Crippen MR) is 44.0 cm³/mol. The monoisotopic (exact) mass is 150 g/mol. The Hall–Kier alpha value is -1.51. The fourth-order valence-electron chi connectivity index (χ4n) is 0.909. The number of oxime groups is 1. The Labute approximate surface area is 65.3 Å². The van der Waals surface area contributed by atoms with Crippen molar-refractivity contribution in [3.8, 4) is 0 Å². The van der Waals surface area contributed by atoms with Crippen LogP contribution in [0.4, 0.5) is 0 Å². The van der Waals surface area contributed by atoms with E-state index in [0.29, 0.717) is 0 Å². The summed E-state index contributed by atoms with van der Waals surface area (Å²) >= 11 is 0. The summed E-state index contributed by atoms with van der Waals surface area (Å²) in [5, 5.41) is 11.2. The van der Waals surface area contributed by atoms with Crippen LogP contribution in [0.1, 0.15) is 5.69 Å². The van der Waals surface area contributed by atoms with Crippen molar-refractivity contribution in [3.05, 3.63) is 36.7 Å². The first kappa shape index (κ1) is 7.60. The normalized spacial score (nSPS) is 10.5.